The molecule has 0 saturated heterocycles. The van der Waals surface area contributed by atoms with Crippen molar-refractivity contribution in [2.45, 2.75) is 58.8 Å². The van der Waals surface area contributed by atoms with Crippen molar-refractivity contribution < 1.29 is 0 Å². The molecule has 0 bridgehead atoms. The van der Waals surface area contributed by atoms with E-state index in [-0.39, 0.29) is 0 Å². The van der Waals surface area contributed by atoms with Crippen molar-refractivity contribution in [2.24, 2.45) is 0 Å². The highest BCUT2D eigenvalue weighted by Crippen LogP contribution is 2.37. The van der Waals surface area contributed by atoms with Crippen LogP contribution in [0.15, 0.2) is 104 Å². The summed E-state index contributed by atoms with van der Waals surface area (Å²) in [6.45, 7) is 11.3. The van der Waals surface area contributed by atoms with Gasteiger partial charge in [-0.15, -0.1) is 0 Å². The standard InChI is InChI=1S/C40H37N3/c1-24(2)27-11-12-36-35(14-16-42-38(36)21-27)33-19-32(17-26(5)28-9-10-31-23-41-15-13-29(31)18-28)37-20-30-7-6-8-34(25(3)4)40(30)43-39(37)22-33/h6-16,18-26H,17H2,1-5H3. The topological polar surface area (TPSA) is 38.7 Å². The van der Waals surface area contributed by atoms with Crippen LogP contribution in [0.1, 0.15) is 74.6 Å². The Hall–Kier alpha value is -4.63. The maximum Gasteiger partial charge on any atom is 0.0744 e. The van der Waals surface area contributed by atoms with Crippen LogP contribution in [0.25, 0.3) is 54.6 Å². The maximum absolute atomic E-state index is 5.36. The molecule has 0 fully saturated rings. The Morgan fingerprint density at radius 1 is 0.628 bits per heavy atom. The molecular weight excluding hydrogens is 522 g/mol. The summed E-state index contributed by atoms with van der Waals surface area (Å²) in [6, 6.07) is 31.4. The summed E-state index contributed by atoms with van der Waals surface area (Å²) in [5, 5.41) is 6.02. The molecule has 4 aromatic carbocycles. The van der Waals surface area contributed by atoms with Gasteiger partial charge in [0.2, 0.25) is 0 Å². The predicted octanol–water partition coefficient (Wildman–Crippen LogP) is 10.7. The van der Waals surface area contributed by atoms with Gasteiger partial charge in [-0.2, -0.15) is 0 Å². The lowest BCUT2D eigenvalue weighted by atomic mass is 9.88. The summed E-state index contributed by atoms with van der Waals surface area (Å²) >= 11 is 0. The van der Waals surface area contributed by atoms with Gasteiger partial charge in [0.05, 0.1) is 16.6 Å². The molecule has 0 aliphatic heterocycles. The van der Waals surface area contributed by atoms with Gasteiger partial charge in [-0.3, -0.25) is 9.97 Å². The van der Waals surface area contributed by atoms with E-state index in [4.69, 9.17) is 9.97 Å². The van der Waals surface area contributed by atoms with E-state index < -0.39 is 0 Å². The molecule has 7 rings (SSSR count). The van der Waals surface area contributed by atoms with Crippen molar-refractivity contribution in [3.63, 3.8) is 0 Å². The number of hydrogen-bond acceptors (Lipinski definition) is 3. The van der Waals surface area contributed by atoms with Crippen LogP contribution >= 0.6 is 0 Å². The summed E-state index contributed by atoms with van der Waals surface area (Å²) < 4.78 is 0. The van der Waals surface area contributed by atoms with Crippen molar-refractivity contribution in [3.05, 3.63) is 126 Å². The molecule has 0 spiro atoms. The zero-order chi connectivity index (χ0) is 29.7. The summed E-state index contributed by atoms with van der Waals surface area (Å²) in [5.74, 6) is 1.19. The minimum absolute atomic E-state index is 0.330. The number of benzene rings is 4. The lowest BCUT2D eigenvalue weighted by Gasteiger charge is -2.18. The van der Waals surface area contributed by atoms with Crippen LogP contribution in [-0.4, -0.2) is 15.0 Å². The first-order chi connectivity index (χ1) is 20.9. The number of pyridine rings is 3. The predicted molar refractivity (Wildman–Crippen MR) is 182 cm³/mol. The average molecular weight is 560 g/mol. The Morgan fingerprint density at radius 3 is 2.33 bits per heavy atom. The molecule has 3 heterocycles. The van der Waals surface area contributed by atoms with Crippen LogP contribution in [0.4, 0.5) is 0 Å². The van der Waals surface area contributed by atoms with E-state index in [1.807, 2.05) is 18.6 Å². The third-order valence-corrected chi connectivity index (χ3v) is 9.00. The fraction of sp³-hybridized carbons (Fsp3) is 0.225. The second-order valence-electron chi connectivity index (χ2n) is 12.6. The Labute approximate surface area is 253 Å². The number of rotatable bonds is 6. The third-order valence-electron chi connectivity index (χ3n) is 9.00. The first kappa shape index (κ1) is 27.2. The number of aromatic nitrogens is 3. The number of fused-ring (bicyclic) bond motifs is 4. The lowest BCUT2D eigenvalue weighted by molar-refractivity contribution is 0.764. The minimum Gasteiger partial charge on any atom is -0.264 e. The lowest BCUT2D eigenvalue weighted by Crippen LogP contribution is -2.01. The number of para-hydroxylation sites is 1. The van der Waals surface area contributed by atoms with E-state index in [0.29, 0.717) is 17.8 Å². The van der Waals surface area contributed by atoms with Crippen LogP contribution < -0.4 is 0 Å². The zero-order valence-corrected chi connectivity index (χ0v) is 25.6. The molecular formula is C40H37N3. The molecule has 43 heavy (non-hydrogen) atoms. The van der Waals surface area contributed by atoms with Gasteiger partial charge >= 0.3 is 0 Å². The van der Waals surface area contributed by atoms with E-state index >= 15 is 0 Å². The molecule has 0 amide bonds. The largest absolute Gasteiger partial charge is 0.264 e. The second kappa shape index (κ2) is 10.9. The van der Waals surface area contributed by atoms with Crippen LogP contribution in [0.2, 0.25) is 0 Å². The van der Waals surface area contributed by atoms with Crippen molar-refractivity contribution in [3.8, 4) is 11.1 Å². The van der Waals surface area contributed by atoms with E-state index in [1.54, 1.807) is 0 Å². The first-order valence-electron chi connectivity index (χ1n) is 15.4. The monoisotopic (exact) mass is 559 g/mol. The Balaban J connectivity index is 1.42. The van der Waals surface area contributed by atoms with Crippen LogP contribution in [0.3, 0.4) is 0 Å². The Bertz CT molecular complexity index is 2140. The van der Waals surface area contributed by atoms with Gasteiger partial charge < -0.3 is 0 Å². The van der Waals surface area contributed by atoms with Crippen LogP contribution in [-0.2, 0) is 6.42 Å². The Morgan fingerprint density at radius 2 is 1.49 bits per heavy atom. The quantitative estimate of drug-likeness (QED) is 0.190. The molecule has 3 aromatic heterocycles. The van der Waals surface area contributed by atoms with Gasteiger partial charge in [-0.1, -0.05) is 89.2 Å². The summed E-state index contributed by atoms with van der Waals surface area (Å²) in [5.41, 5.74) is 10.8. The second-order valence-corrected chi connectivity index (χ2v) is 12.6. The molecule has 1 atom stereocenters. The van der Waals surface area contributed by atoms with Crippen molar-refractivity contribution in [1.29, 1.82) is 0 Å². The van der Waals surface area contributed by atoms with Crippen molar-refractivity contribution in [2.75, 3.05) is 0 Å². The van der Waals surface area contributed by atoms with Crippen LogP contribution in [0, 0.1) is 0 Å². The smallest absolute Gasteiger partial charge is 0.0744 e. The highest BCUT2D eigenvalue weighted by Gasteiger charge is 2.17. The van der Waals surface area contributed by atoms with E-state index in [9.17, 15) is 0 Å². The highest BCUT2D eigenvalue weighted by molar-refractivity contribution is 6.01. The molecule has 0 saturated carbocycles. The zero-order valence-electron chi connectivity index (χ0n) is 25.6. The van der Waals surface area contributed by atoms with Crippen molar-refractivity contribution >= 4 is 43.5 Å². The molecule has 3 heteroatoms. The molecule has 0 aliphatic rings. The van der Waals surface area contributed by atoms with Gasteiger partial charge in [0.15, 0.2) is 0 Å². The third kappa shape index (κ3) is 5.03. The Kier molecular flexibility index (Phi) is 6.89. The fourth-order valence-corrected chi connectivity index (χ4v) is 6.48. The summed E-state index contributed by atoms with van der Waals surface area (Å²) in [6.07, 6.45) is 6.67. The van der Waals surface area contributed by atoms with Crippen molar-refractivity contribution in [1.82, 2.24) is 15.0 Å². The fourth-order valence-electron chi connectivity index (χ4n) is 6.48. The first-order valence-corrected chi connectivity index (χ1v) is 15.4. The number of hydrogen-bond donors (Lipinski definition) is 0. The van der Waals surface area contributed by atoms with Gasteiger partial charge in [0.1, 0.15) is 0 Å². The highest BCUT2D eigenvalue weighted by atomic mass is 14.7. The SMILES string of the molecule is CC(C)c1ccc2c(-c3cc(CC(C)c4ccc5cnccc5c4)c4cc5cccc(C(C)C)c5nc4c3)ccnc2c1. The van der Waals surface area contributed by atoms with Gasteiger partial charge in [-0.25, -0.2) is 4.98 Å². The molecule has 1 unspecified atom stereocenters. The number of nitrogens with zero attached hydrogens (tertiary/aromatic N) is 3. The van der Waals surface area contributed by atoms with Gasteiger partial charge in [-0.05, 0) is 93.3 Å². The normalized spacial score (nSPS) is 12.7. The van der Waals surface area contributed by atoms with E-state index in [2.05, 4.69) is 125 Å². The maximum atomic E-state index is 5.36. The van der Waals surface area contributed by atoms with Gasteiger partial charge in [0, 0.05) is 40.1 Å². The molecule has 0 aliphatic carbocycles. The molecule has 3 nitrogen and oxygen atoms in total. The summed E-state index contributed by atoms with van der Waals surface area (Å²) in [4.78, 5) is 14.4. The molecule has 7 aromatic rings. The van der Waals surface area contributed by atoms with E-state index in [0.717, 1.165) is 23.0 Å². The van der Waals surface area contributed by atoms with Gasteiger partial charge in [0.25, 0.3) is 0 Å². The minimum atomic E-state index is 0.330. The van der Waals surface area contributed by atoms with Crippen LogP contribution in [0.5, 0.6) is 0 Å². The average Bonchev–Trinajstić information content (AvgIpc) is 3.02. The summed E-state index contributed by atoms with van der Waals surface area (Å²) in [7, 11) is 0. The van der Waals surface area contributed by atoms with E-state index in [1.165, 1.54) is 60.3 Å². The molecule has 212 valence electrons. The molecule has 0 N–H and O–H groups in total. The molecule has 0 radical (unpaired) electrons.